The van der Waals surface area contributed by atoms with Crippen LogP contribution in [0.5, 0.6) is 0 Å². The molecule has 1 aliphatic carbocycles. The molecule has 2 fully saturated rings. The minimum absolute atomic E-state index is 0.117. The second kappa shape index (κ2) is 5.54. The quantitative estimate of drug-likeness (QED) is 0.780. The third-order valence-corrected chi connectivity index (χ3v) is 4.23. The molecular formula is C15H24N2O3. The van der Waals surface area contributed by atoms with E-state index in [0.29, 0.717) is 0 Å². The number of hydrogen-bond acceptors (Lipinski definition) is 3. The van der Waals surface area contributed by atoms with Gasteiger partial charge in [0, 0.05) is 11.8 Å². The standard InChI is InChI=1S/C15H24N2O3/c1-9(2)13(18)16-11-7-5-6-8-12(11)17(15(16)20)14(19)10(3)4/h9-12H,5-8H2,1-4H3/t11-,12-/m0/s1. The highest BCUT2D eigenvalue weighted by molar-refractivity contribution is 6.05. The van der Waals surface area contributed by atoms with E-state index in [1.165, 1.54) is 9.80 Å². The van der Waals surface area contributed by atoms with Crippen molar-refractivity contribution in [3.05, 3.63) is 0 Å². The number of amides is 4. The Morgan fingerprint density at radius 3 is 1.55 bits per heavy atom. The van der Waals surface area contributed by atoms with Crippen molar-refractivity contribution < 1.29 is 14.4 Å². The number of rotatable bonds is 2. The molecule has 1 saturated carbocycles. The molecule has 0 N–H and O–H groups in total. The molecule has 1 aliphatic heterocycles. The molecule has 0 aromatic carbocycles. The van der Waals surface area contributed by atoms with Gasteiger partial charge in [0.25, 0.3) is 0 Å². The Kier molecular flexibility index (Phi) is 4.16. The molecule has 0 aromatic heterocycles. The minimum atomic E-state index is -0.403. The van der Waals surface area contributed by atoms with Gasteiger partial charge in [0.2, 0.25) is 11.8 Å². The number of urea groups is 1. The molecular weight excluding hydrogens is 256 g/mol. The molecule has 20 heavy (non-hydrogen) atoms. The van der Waals surface area contributed by atoms with Crippen LogP contribution in [0.4, 0.5) is 4.79 Å². The van der Waals surface area contributed by atoms with Crippen molar-refractivity contribution in [1.29, 1.82) is 0 Å². The zero-order chi connectivity index (χ0) is 15.0. The first-order chi connectivity index (χ1) is 9.36. The SMILES string of the molecule is CC(C)C(=O)N1C(=O)N(C(=O)C(C)C)[C@H]2CCCC[C@@H]21. The van der Waals surface area contributed by atoms with Gasteiger partial charge in [-0.15, -0.1) is 0 Å². The van der Waals surface area contributed by atoms with Crippen molar-refractivity contribution in [2.75, 3.05) is 0 Å². The van der Waals surface area contributed by atoms with E-state index in [1.807, 2.05) is 0 Å². The smallest absolute Gasteiger partial charge is 0.274 e. The van der Waals surface area contributed by atoms with Crippen LogP contribution in [0.1, 0.15) is 53.4 Å². The van der Waals surface area contributed by atoms with Crippen LogP contribution in [-0.2, 0) is 9.59 Å². The fourth-order valence-corrected chi connectivity index (χ4v) is 3.17. The van der Waals surface area contributed by atoms with Crippen LogP contribution in [0.15, 0.2) is 0 Å². The summed E-state index contributed by atoms with van der Waals surface area (Å²) in [6, 6.07) is -0.637. The largest absolute Gasteiger partial charge is 0.334 e. The van der Waals surface area contributed by atoms with Gasteiger partial charge in [-0.25, -0.2) is 4.79 Å². The highest BCUT2D eigenvalue weighted by Gasteiger charge is 2.52. The van der Waals surface area contributed by atoms with Gasteiger partial charge in [0.1, 0.15) is 0 Å². The third-order valence-electron chi connectivity index (χ3n) is 4.23. The molecule has 2 atom stereocenters. The van der Waals surface area contributed by atoms with Crippen molar-refractivity contribution in [2.45, 2.75) is 65.5 Å². The molecule has 2 aliphatic rings. The summed E-state index contributed by atoms with van der Waals surface area (Å²) in [6.07, 6.45) is 3.66. The average Bonchev–Trinajstić information content (AvgIpc) is 2.68. The molecule has 0 unspecified atom stereocenters. The van der Waals surface area contributed by atoms with Crippen LogP contribution >= 0.6 is 0 Å². The average molecular weight is 280 g/mol. The Balaban J connectivity index is 2.34. The first kappa shape index (κ1) is 15.0. The van der Waals surface area contributed by atoms with Crippen LogP contribution in [0.2, 0.25) is 0 Å². The Morgan fingerprint density at radius 1 is 0.900 bits per heavy atom. The first-order valence-electron chi connectivity index (χ1n) is 7.56. The normalized spacial score (nSPS) is 26.4. The Morgan fingerprint density at radius 2 is 1.25 bits per heavy atom. The molecule has 1 saturated heterocycles. The number of fused-ring (bicyclic) bond motifs is 1. The molecule has 0 spiro atoms. The van der Waals surface area contributed by atoms with Gasteiger partial charge in [0.15, 0.2) is 0 Å². The van der Waals surface area contributed by atoms with Gasteiger partial charge >= 0.3 is 6.03 Å². The summed E-state index contributed by atoms with van der Waals surface area (Å²) in [5, 5.41) is 0. The van der Waals surface area contributed by atoms with Crippen LogP contribution in [0, 0.1) is 11.8 Å². The molecule has 0 bridgehead atoms. The fourth-order valence-electron chi connectivity index (χ4n) is 3.17. The summed E-state index contributed by atoms with van der Waals surface area (Å²) >= 11 is 0. The van der Waals surface area contributed by atoms with Crippen LogP contribution in [0.25, 0.3) is 0 Å². The third kappa shape index (κ3) is 2.34. The first-order valence-corrected chi connectivity index (χ1v) is 7.56. The van der Waals surface area contributed by atoms with Crippen molar-refractivity contribution in [2.24, 2.45) is 11.8 Å². The lowest BCUT2D eigenvalue weighted by atomic mass is 9.89. The van der Waals surface area contributed by atoms with Crippen molar-refractivity contribution in [3.8, 4) is 0 Å². The molecule has 0 aromatic rings. The summed E-state index contributed by atoms with van der Waals surface area (Å²) in [6.45, 7) is 7.17. The molecule has 1 heterocycles. The molecule has 5 nitrogen and oxygen atoms in total. The maximum Gasteiger partial charge on any atom is 0.334 e. The predicted molar refractivity (Wildman–Crippen MR) is 74.8 cm³/mol. The predicted octanol–water partition coefficient (Wildman–Crippen LogP) is 2.40. The molecule has 0 radical (unpaired) electrons. The van der Waals surface area contributed by atoms with Crippen molar-refractivity contribution >= 4 is 17.8 Å². The zero-order valence-corrected chi connectivity index (χ0v) is 12.8. The maximum absolute atomic E-state index is 12.6. The topological polar surface area (TPSA) is 57.7 Å². The van der Waals surface area contributed by atoms with Gasteiger partial charge < -0.3 is 0 Å². The number of carbonyl (C=O) groups excluding carboxylic acids is 3. The van der Waals surface area contributed by atoms with Gasteiger partial charge in [0.05, 0.1) is 12.1 Å². The van der Waals surface area contributed by atoms with E-state index in [0.717, 1.165) is 25.7 Å². The van der Waals surface area contributed by atoms with E-state index in [9.17, 15) is 14.4 Å². The summed E-state index contributed by atoms with van der Waals surface area (Å²) in [5.41, 5.74) is 0. The molecule has 112 valence electrons. The summed E-state index contributed by atoms with van der Waals surface area (Å²) in [7, 11) is 0. The van der Waals surface area contributed by atoms with E-state index in [2.05, 4.69) is 0 Å². The lowest BCUT2D eigenvalue weighted by Crippen LogP contribution is -2.44. The lowest BCUT2D eigenvalue weighted by molar-refractivity contribution is -0.133. The molecule has 4 amide bonds. The summed E-state index contributed by atoms with van der Waals surface area (Å²) in [4.78, 5) is 39.9. The van der Waals surface area contributed by atoms with Crippen LogP contribution in [-0.4, -0.2) is 39.7 Å². The monoisotopic (exact) mass is 280 g/mol. The van der Waals surface area contributed by atoms with Gasteiger partial charge in [-0.2, -0.15) is 0 Å². The van der Waals surface area contributed by atoms with Crippen LogP contribution < -0.4 is 0 Å². The number of imide groups is 2. The highest BCUT2D eigenvalue weighted by atomic mass is 16.2. The van der Waals surface area contributed by atoms with E-state index < -0.39 is 6.03 Å². The van der Waals surface area contributed by atoms with Crippen molar-refractivity contribution in [3.63, 3.8) is 0 Å². The summed E-state index contributed by atoms with van der Waals surface area (Å²) in [5.74, 6) is -0.775. The Hall–Kier alpha value is -1.39. The number of nitrogens with zero attached hydrogens (tertiary/aromatic N) is 2. The van der Waals surface area contributed by atoms with Gasteiger partial charge in [-0.3, -0.25) is 19.4 Å². The second-order valence-electron chi connectivity index (χ2n) is 6.43. The Bertz CT molecular complexity index is 393. The van der Waals surface area contributed by atoms with Crippen molar-refractivity contribution in [1.82, 2.24) is 9.80 Å². The fraction of sp³-hybridized carbons (Fsp3) is 0.800. The van der Waals surface area contributed by atoms with Gasteiger partial charge in [-0.1, -0.05) is 40.5 Å². The molecule has 5 heteroatoms. The summed E-state index contributed by atoms with van der Waals surface area (Å²) < 4.78 is 0. The van der Waals surface area contributed by atoms with E-state index in [1.54, 1.807) is 27.7 Å². The van der Waals surface area contributed by atoms with E-state index in [-0.39, 0.29) is 35.7 Å². The van der Waals surface area contributed by atoms with E-state index >= 15 is 0 Å². The van der Waals surface area contributed by atoms with E-state index in [4.69, 9.17) is 0 Å². The van der Waals surface area contributed by atoms with Crippen LogP contribution in [0.3, 0.4) is 0 Å². The number of hydrogen-bond donors (Lipinski definition) is 0. The second-order valence-corrected chi connectivity index (χ2v) is 6.43. The molecule has 2 rings (SSSR count). The minimum Gasteiger partial charge on any atom is -0.274 e. The highest BCUT2D eigenvalue weighted by Crippen LogP contribution is 2.35. The Labute approximate surface area is 120 Å². The zero-order valence-electron chi connectivity index (χ0n) is 12.8. The number of carbonyl (C=O) groups is 3. The maximum atomic E-state index is 12.6. The lowest BCUT2D eigenvalue weighted by Gasteiger charge is -2.31. The van der Waals surface area contributed by atoms with Gasteiger partial charge in [-0.05, 0) is 12.8 Å².